The zero-order valence-electron chi connectivity index (χ0n) is 14.5. The van der Waals surface area contributed by atoms with Crippen molar-refractivity contribution in [2.24, 2.45) is 5.92 Å². The third kappa shape index (κ3) is 4.87. The van der Waals surface area contributed by atoms with Crippen molar-refractivity contribution in [2.45, 2.75) is 38.7 Å². The monoisotopic (exact) mass is 332 g/mol. The summed E-state index contributed by atoms with van der Waals surface area (Å²) >= 11 is 0. The highest BCUT2D eigenvalue weighted by atomic mass is 16.5. The van der Waals surface area contributed by atoms with Gasteiger partial charge in [0.1, 0.15) is 5.75 Å². The minimum atomic E-state index is 0.0299. The predicted molar refractivity (Wildman–Crippen MR) is 93.4 cm³/mol. The quantitative estimate of drug-likeness (QED) is 0.835. The van der Waals surface area contributed by atoms with E-state index >= 15 is 0 Å². The van der Waals surface area contributed by atoms with Crippen molar-refractivity contribution >= 4 is 6.03 Å². The van der Waals surface area contributed by atoms with Crippen LogP contribution in [0.3, 0.4) is 0 Å². The van der Waals surface area contributed by atoms with Crippen LogP contribution in [-0.2, 0) is 11.2 Å². The maximum absolute atomic E-state index is 12.3. The standard InChI is InChI=1S/C19H28N2O3/c1-2-11-23-17-5-3-4-15(13-17)8-9-20-19(22)21-10-12-24-18(14-21)16-6-7-16/h3-5,13,16,18H,2,6-12,14H2,1H3,(H,20,22). The van der Waals surface area contributed by atoms with Crippen LogP contribution >= 0.6 is 0 Å². The second-order valence-electron chi connectivity index (χ2n) is 6.67. The van der Waals surface area contributed by atoms with Crippen LogP contribution in [0, 0.1) is 5.92 Å². The number of amides is 2. The number of ether oxygens (including phenoxy) is 2. The molecule has 1 heterocycles. The molecule has 0 aromatic heterocycles. The maximum Gasteiger partial charge on any atom is 0.317 e. The summed E-state index contributed by atoms with van der Waals surface area (Å²) in [6.07, 6.45) is 4.55. The average Bonchev–Trinajstić information content (AvgIpc) is 3.45. The minimum absolute atomic E-state index is 0.0299. The van der Waals surface area contributed by atoms with Crippen LogP contribution in [0.5, 0.6) is 5.75 Å². The highest BCUT2D eigenvalue weighted by molar-refractivity contribution is 5.74. The second-order valence-corrected chi connectivity index (χ2v) is 6.67. The molecule has 1 aromatic carbocycles. The summed E-state index contributed by atoms with van der Waals surface area (Å²) in [6, 6.07) is 8.14. The number of hydrogen-bond donors (Lipinski definition) is 1. The first kappa shape index (κ1) is 17.1. The highest BCUT2D eigenvalue weighted by Gasteiger charge is 2.36. The summed E-state index contributed by atoms with van der Waals surface area (Å²) in [5.74, 6) is 1.58. The van der Waals surface area contributed by atoms with Gasteiger partial charge in [-0.2, -0.15) is 0 Å². The molecule has 132 valence electrons. The average molecular weight is 332 g/mol. The van der Waals surface area contributed by atoms with Crippen LogP contribution < -0.4 is 10.1 Å². The minimum Gasteiger partial charge on any atom is -0.494 e. The Morgan fingerprint density at radius 3 is 3.08 bits per heavy atom. The SMILES string of the molecule is CCCOc1cccc(CCNC(=O)N2CCOC(C3CC3)C2)c1. The van der Waals surface area contributed by atoms with Crippen molar-refractivity contribution < 1.29 is 14.3 Å². The molecule has 1 aliphatic heterocycles. The van der Waals surface area contributed by atoms with Crippen LogP contribution in [0.2, 0.25) is 0 Å². The lowest BCUT2D eigenvalue weighted by molar-refractivity contribution is -0.0252. The molecule has 1 aliphatic carbocycles. The third-order valence-corrected chi connectivity index (χ3v) is 4.59. The van der Waals surface area contributed by atoms with Gasteiger partial charge in [-0.15, -0.1) is 0 Å². The number of rotatable bonds is 7. The third-order valence-electron chi connectivity index (χ3n) is 4.59. The molecule has 1 N–H and O–H groups in total. The van der Waals surface area contributed by atoms with E-state index in [9.17, 15) is 4.79 Å². The molecule has 1 saturated carbocycles. The Bertz CT molecular complexity index is 545. The summed E-state index contributed by atoms with van der Waals surface area (Å²) in [5.41, 5.74) is 1.18. The fourth-order valence-electron chi connectivity index (χ4n) is 3.05. The van der Waals surface area contributed by atoms with Gasteiger partial charge in [0, 0.05) is 19.6 Å². The lowest BCUT2D eigenvalue weighted by atomic mass is 10.1. The summed E-state index contributed by atoms with van der Waals surface area (Å²) in [5, 5.41) is 3.03. The molecule has 2 amide bonds. The fraction of sp³-hybridized carbons (Fsp3) is 0.632. The number of nitrogens with one attached hydrogen (secondary N) is 1. The van der Waals surface area contributed by atoms with Gasteiger partial charge in [-0.3, -0.25) is 0 Å². The number of hydrogen-bond acceptors (Lipinski definition) is 3. The van der Waals surface area contributed by atoms with Gasteiger partial charge in [0.15, 0.2) is 0 Å². The number of carbonyl (C=O) groups is 1. The van der Waals surface area contributed by atoms with E-state index in [-0.39, 0.29) is 12.1 Å². The van der Waals surface area contributed by atoms with Gasteiger partial charge < -0.3 is 19.7 Å². The van der Waals surface area contributed by atoms with E-state index in [2.05, 4.69) is 24.4 Å². The molecule has 1 atom stereocenters. The summed E-state index contributed by atoms with van der Waals surface area (Å²) < 4.78 is 11.4. The molecule has 5 heteroatoms. The van der Waals surface area contributed by atoms with Gasteiger partial charge in [-0.1, -0.05) is 19.1 Å². The molecular weight excluding hydrogens is 304 g/mol. The number of carbonyl (C=O) groups excluding carboxylic acids is 1. The number of urea groups is 1. The Labute approximate surface area is 144 Å². The van der Waals surface area contributed by atoms with E-state index < -0.39 is 0 Å². The molecule has 1 aromatic rings. The van der Waals surface area contributed by atoms with Crippen LogP contribution in [0.15, 0.2) is 24.3 Å². The smallest absolute Gasteiger partial charge is 0.317 e. The Kier molecular flexibility index (Phi) is 5.96. The topological polar surface area (TPSA) is 50.8 Å². The number of nitrogens with zero attached hydrogens (tertiary/aromatic N) is 1. The first-order valence-electron chi connectivity index (χ1n) is 9.12. The van der Waals surface area contributed by atoms with Crippen molar-refractivity contribution in [3.63, 3.8) is 0 Å². The van der Waals surface area contributed by atoms with Crippen LogP contribution in [-0.4, -0.2) is 49.9 Å². The molecule has 0 radical (unpaired) electrons. The van der Waals surface area contributed by atoms with E-state index in [0.717, 1.165) is 31.7 Å². The fourth-order valence-corrected chi connectivity index (χ4v) is 3.05. The normalized spacial score (nSPS) is 20.7. The van der Waals surface area contributed by atoms with Crippen molar-refractivity contribution in [2.75, 3.05) is 32.8 Å². The Morgan fingerprint density at radius 2 is 2.29 bits per heavy atom. The van der Waals surface area contributed by atoms with Gasteiger partial charge in [0.25, 0.3) is 0 Å². The maximum atomic E-state index is 12.3. The predicted octanol–water partition coefficient (Wildman–Crippen LogP) is 2.84. The van der Waals surface area contributed by atoms with Gasteiger partial charge in [-0.25, -0.2) is 4.79 Å². The van der Waals surface area contributed by atoms with Crippen LogP contribution in [0.4, 0.5) is 4.79 Å². The molecule has 2 aliphatic rings. The summed E-state index contributed by atoms with van der Waals surface area (Å²) in [4.78, 5) is 14.2. The van der Waals surface area contributed by atoms with Crippen molar-refractivity contribution in [1.29, 1.82) is 0 Å². The molecule has 0 bridgehead atoms. The Balaban J connectivity index is 1.41. The van der Waals surface area contributed by atoms with Crippen molar-refractivity contribution in [3.05, 3.63) is 29.8 Å². The molecule has 0 spiro atoms. The molecular formula is C19H28N2O3. The summed E-state index contributed by atoms with van der Waals surface area (Å²) in [7, 11) is 0. The van der Waals surface area contributed by atoms with Gasteiger partial charge in [0.2, 0.25) is 0 Å². The van der Waals surface area contributed by atoms with Crippen LogP contribution in [0.1, 0.15) is 31.7 Å². The molecule has 24 heavy (non-hydrogen) atoms. The summed E-state index contributed by atoms with van der Waals surface area (Å²) in [6.45, 7) is 5.55. The largest absolute Gasteiger partial charge is 0.494 e. The molecule has 1 saturated heterocycles. The van der Waals surface area contributed by atoms with Gasteiger partial charge >= 0.3 is 6.03 Å². The zero-order chi connectivity index (χ0) is 16.8. The van der Waals surface area contributed by atoms with Crippen LogP contribution in [0.25, 0.3) is 0 Å². The second kappa shape index (κ2) is 8.38. The van der Waals surface area contributed by atoms with E-state index in [4.69, 9.17) is 9.47 Å². The number of morpholine rings is 1. The first-order valence-corrected chi connectivity index (χ1v) is 9.12. The van der Waals surface area contributed by atoms with E-state index in [0.29, 0.717) is 25.6 Å². The van der Waals surface area contributed by atoms with E-state index in [1.165, 1.54) is 18.4 Å². The van der Waals surface area contributed by atoms with E-state index in [1.54, 1.807) is 0 Å². The molecule has 1 unspecified atom stereocenters. The highest BCUT2D eigenvalue weighted by Crippen LogP contribution is 2.35. The van der Waals surface area contributed by atoms with Crippen molar-refractivity contribution in [3.8, 4) is 5.75 Å². The Hall–Kier alpha value is -1.75. The molecule has 5 nitrogen and oxygen atoms in total. The number of benzene rings is 1. The molecule has 3 rings (SSSR count). The zero-order valence-corrected chi connectivity index (χ0v) is 14.5. The lowest BCUT2D eigenvalue weighted by Crippen LogP contribution is -2.50. The van der Waals surface area contributed by atoms with Gasteiger partial charge in [0.05, 0.1) is 19.3 Å². The molecule has 2 fully saturated rings. The Morgan fingerprint density at radius 1 is 1.42 bits per heavy atom. The van der Waals surface area contributed by atoms with Crippen molar-refractivity contribution in [1.82, 2.24) is 10.2 Å². The lowest BCUT2D eigenvalue weighted by Gasteiger charge is -2.33. The van der Waals surface area contributed by atoms with Gasteiger partial charge in [-0.05, 0) is 49.3 Å². The van der Waals surface area contributed by atoms with E-state index in [1.807, 2.05) is 17.0 Å². The first-order chi connectivity index (χ1) is 11.8.